The van der Waals surface area contributed by atoms with Crippen molar-refractivity contribution in [3.63, 3.8) is 0 Å². The molecule has 0 heterocycles. The second-order valence-electron chi connectivity index (χ2n) is 4.37. The number of ether oxygens (including phenoxy) is 1. The Kier molecular flexibility index (Phi) is 5.52. The molecular weight excluding hydrogens is 230 g/mol. The first-order chi connectivity index (χ1) is 8.54. The van der Waals surface area contributed by atoms with Crippen molar-refractivity contribution in [3.05, 3.63) is 35.9 Å². The maximum absolute atomic E-state index is 11.7. The third kappa shape index (κ3) is 4.30. The van der Waals surface area contributed by atoms with Crippen molar-refractivity contribution >= 4 is 11.8 Å². The summed E-state index contributed by atoms with van der Waals surface area (Å²) >= 11 is 0. The molecular formula is C14H19NO3. The number of Topliss-reactive ketones (excluding diaryl/α,β-unsaturated/α-hetero) is 1. The normalized spacial score (nSPS) is 13.7. The molecule has 2 N–H and O–H groups in total. The number of hydrogen-bond donors (Lipinski definition) is 1. The summed E-state index contributed by atoms with van der Waals surface area (Å²) in [5.74, 6) is -0.954. The maximum atomic E-state index is 11.7. The van der Waals surface area contributed by atoms with Gasteiger partial charge in [-0.3, -0.25) is 9.59 Å². The average molecular weight is 249 g/mol. The number of carbonyl (C=O) groups is 2. The number of methoxy groups -OCH3 is 1. The molecule has 4 nitrogen and oxygen atoms in total. The highest BCUT2D eigenvalue weighted by Gasteiger charge is 2.24. The van der Waals surface area contributed by atoms with E-state index in [2.05, 4.69) is 0 Å². The van der Waals surface area contributed by atoms with Crippen LogP contribution >= 0.6 is 0 Å². The van der Waals surface area contributed by atoms with E-state index >= 15 is 0 Å². The zero-order valence-corrected chi connectivity index (χ0v) is 10.8. The summed E-state index contributed by atoms with van der Waals surface area (Å²) in [7, 11) is 1.33. The van der Waals surface area contributed by atoms with Gasteiger partial charge in [0, 0.05) is 6.42 Å². The summed E-state index contributed by atoms with van der Waals surface area (Å²) in [6.07, 6.45) is 0.616. The molecule has 1 aromatic rings. The minimum Gasteiger partial charge on any atom is -0.469 e. The number of rotatable bonds is 6. The van der Waals surface area contributed by atoms with E-state index in [0.717, 1.165) is 5.56 Å². The van der Waals surface area contributed by atoms with Gasteiger partial charge in [0.05, 0.1) is 19.1 Å². The monoisotopic (exact) mass is 249 g/mol. The number of esters is 1. The first-order valence-corrected chi connectivity index (χ1v) is 5.94. The molecule has 0 radical (unpaired) electrons. The third-order valence-electron chi connectivity index (χ3n) is 2.81. The van der Waals surface area contributed by atoms with Gasteiger partial charge in [-0.25, -0.2) is 0 Å². The summed E-state index contributed by atoms with van der Waals surface area (Å²) in [5, 5.41) is 0. The summed E-state index contributed by atoms with van der Waals surface area (Å²) in [4.78, 5) is 23.3. The Balaban J connectivity index is 2.73. The van der Waals surface area contributed by atoms with Crippen molar-refractivity contribution < 1.29 is 14.3 Å². The van der Waals surface area contributed by atoms with Crippen LogP contribution in [0.3, 0.4) is 0 Å². The zero-order valence-electron chi connectivity index (χ0n) is 10.8. The smallest absolute Gasteiger partial charge is 0.309 e. The fourth-order valence-corrected chi connectivity index (χ4v) is 1.73. The molecule has 0 aliphatic carbocycles. The second kappa shape index (κ2) is 6.91. The van der Waals surface area contributed by atoms with Gasteiger partial charge in [0.15, 0.2) is 0 Å². The average Bonchev–Trinajstić information content (AvgIpc) is 2.38. The molecule has 2 atom stereocenters. The molecule has 1 rings (SSSR count). The maximum Gasteiger partial charge on any atom is 0.309 e. The molecule has 1 aromatic carbocycles. The molecule has 1 unspecified atom stereocenters. The molecule has 98 valence electrons. The molecule has 0 saturated heterocycles. The fourth-order valence-electron chi connectivity index (χ4n) is 1.73. The second-order valence-corrected chi connectivity index (χ2v) is 4.37. The van der Waals surface area contributed by atoms with E-state index in [4.69, 9.17) is 10.5 Å². The van der Waals surface area contributed by atoms with Gasteiger partial charge in [-0.1, -0.05) is 30.3 Å². The van der Waals surface area contributed by atoms with E-state index in [0.29, 0.717) is 6.42 Å². The van der Waals surface area contributed by atoms with Crippen LogP contribution in [0, 0.1) is 5.92 Å². The molecule has 0 aromatic heterocycles. The summed E-state index contributed by atoms with van der Waals surface area (Å²) in [6.45, 7) is 1.62. The molecule has 0 fully saturated rings. The summed E-state index contributed by atoms with van der Waals surface area (Å²) in [5.41, 5.74) is 6.52. The predicted octanol–water partition coefficient (Wildman–Crippen LogP) is 1.32. The van der Waals surface area contributed by atoms with Gasteiger partial charge in [-0.15, -0.1) is 0 Å². The molecule has 0 amide bonds. The van der Waals surface area contributed by atoms with Crippen molar-refractivity contribution in [2.24, 2.45) is 11.7 Å². The molecule has 0 spiro atoms. The summed E-state index contributed by atoms with van der Waals surface area (Å²) in [6, 6.07) is 9.00. The number of ketones is 1. The first kappa shape index (κ1) is 14.4. The van der Waals surface area contributed by atoms with Crippen molar-refractivity contribution in [2.45, 2.75) is 25.8 Å². The van der Waals surface area contributed by atoms with Crippen LogP contribution in [0.1, 0.15) is 18.9 Å². The van der Waals surface area contributed by atoms with Gasteiger partial charge in [0.2, 0.25) is 0 Å². The molecule has 4 heteroatoms. The van der Waals surface area contributed by atoms with Crippen molar-refractivity contribution in [2.75, 3.05) is 7.11 Å². The number of benzene rings is 1. The third-order valence-corrected chi connectivity index (χ3v) is 2.81. The van der Waals surface area contributed by atoms with Crippen LogP contribution in [-0.2, 0) is 20.7 Å². The minimum atomic E-state index is -0.548. The van der Waals surface area contributed by atoms with Crippen LogP contribution in [0.5, 0.6) is 0 Å². The van der Waals surface area contributed by atoms with Gasteiger partial charge < -0.3 is 10.5 Å². The SMILES string of the molecule is COC(=O)C(CC(=O)[C@H](C)N)Cc1ccccc1. The predicted molar refractivity (Wildman–Crippen MR) is 68.9 cm³/mol. The lowest BCUT2D eigenvalue weighted by atomic mass is 9.93. The van der Waals surface area contributed by atoms with Gasteiger partial charge in [-0.2, -0.15) is 0 Å². The molecule has 18 heavy (non-hydrogen) atoms. The van der Waals surface area contributed by atoms with E-state index in [1.165, 1.54) is 7.11 Å². The largest absolute Gasteiger partial charge is 0.469 e. The molecule has 0 saturated carbocycles. The standard InChI is InChI=1S/C14H19NO3/c1-10(15)13(16)9-12(14(17)18-2)8-11-6-4-3-5-7-11/h3-7,10,12H,8-9,15H2,1-2H3/t10-,12?/m0/s1. The van der Waals surface area contributed by atoms with Gasteiger partial charge >= 0.3 is 5.97 Å². The van der Waals surface area contributed by atoms with Gasteiger partial charge in [0.1, 0.15) is 5.78 Å². The van der Waals surface area contributed by atoms with E-state index < -0.39 is 12.0 Å². The van der Waals surface area contributed by atoms with Crippen molar-refractivity contribution in [1.82, 2.24) is 0 Å². The highest BCUT2D eigenvalue weighted by atomic mass is 16.5. The van der Waals surface area contributed by atoms with E-state index in [1.54, 1.807) is 6.92 Å². The molecule has 0 bridgehead atoms. The van der Waals surface area contributed by atoms with Crippen LogP contribution in [-0.4, -0.2) is 24.9 Å². The van der Waals surface area contributed by atoms with Gasteiger partial charge in [-0.05, 0) is 18.9 Å². The quantitative estimate of drug-likeness (QED) is 0.772. The Morgan fingerprint density at radius 3 is 2.39 bits per heavy atom. The van der Waals surface area contributed by atoms with Crippen molar-refractivity contribution in [1.29, 1.82) is 0 Å². The van der Waals surface area contributed by atoms with Crippen molar-refractivity contribution in [3.8, 4) is 0 Å². The number of nitrogens with two attached hydrogens (primary N) is 1. The van der Waals surface area contributed by atoms with Crippen LogP contribution in [0.2, 0.25) is 0 Å². The van der Waals surface area contributed by atoms with Gasteiger partial charge in [0.25, 0.3) is 0 Å². The highest BCUT2D eigenvalue weighted by molar-refractivity contribution is 5.87. The summed E-state index contributed by atoms with van der Waals surface area (Å²) < 4.78 is 4.73. The van der Waals surface area contributed by atoms with E-state index in [-0.39, 0.29) is 18.2 Å². The number of carbonyl (C=O) groups excluding carboxylic acids is 2. The first-order valence-electron chi connectivity index (χ1n) is 5.94. The Bertz CT molecular complexity index is 401. The Labute approximate surface area is 107 Å². The van der Waals surface area contributed by atoms with Crippen LogP contribution in [0.4, 0.5) is 0 Å². The van der Waals surface area contributed by atoms with Crippen LogP contribution < -0.4 is 5.73 Å². The lowest BCUT2D eigenvalue weighted by Gasteiger charge is -2.15. The fraction of sp³-hybridized carbons (Fsp3) is 0.429. The topological polar surface area (TPSA) is 69.4 Å². The Morgan fingerprint density at radius 1 is 1.28 bits per heavy atom. The van der Waals surface area contributed by atoms with Crippen LogP contribution in [0.25, 0.3) is 0 Å². The zero-order chi connectivity index (χ0) is 13.5. The number of hydrogen-bond acceptors (Lipinski definition) is 4. The molecule has 0 aliphatic heterocycles. The van der Waals surface area contributed by atoms with Crippen LogP contribution in [0.15, 0.2) is 30.3 Å². The Morgan fingerprint density at radius 2 is 1.89 bits per heavy atom. The molecule has 0 aliphatic rings. The Hall–Kier alpha value is -1.68. The van der Waals surface area contributed by atoms with E-state index in [1.807, 2.05) is 30.3 Å². The minimum absolute atomic E-state index is 0.124. The lowest BCUT2D eigenvalue weighted by molar-refractivity contribution is -0.147. The highest BCUT2D eigenvalue weighted by Crippen LogP contribution is 2.15. The lowest BCUT2D eigenvalue weighted by Crippen LogP contribution is -2.31. The van der Waals surface area contributed by atoms with E-state index in [9.17, 15) is 9.59 Å².